The van der Waals surface area contributed by atoms with Crippen LogP contribution in [0.25, 0.3) is 0 Å². The summed E-state index contributed by atoms with van der Waals surface area (Å²) in [6.45, 7) is 1.77. The van der Waals surface area contributed by atoms with Gasteiger partial charge in [-0.2, -0.15) is 18.4 Å². The van der Waals surface area contributed by atoms with Gasteiger partial charge in [0.05, 0.1) is 5.69 Å². The summed E-state index contributed by atoms with van der Waals surface area (Å²) in [4.78, 5) is 14.1. The first-order chi connectivity index (χ1) is 12.8. The molecule has 0 fully saturated rings. The van der Waals surface area contributed by atoms with Gasteiger partial charge in [-0.1, -0.05) is 53.7 Å². The molecule has 0 bridgehead atoms. The van der Waals surface area contributed by atoms with Gasteiger partial charge in [0.15, 0.2) is 0 Å². The molecule has 2 aromatic rings. The van der Waals surface area contributed by atoms with Crippen LogP contribution in [-0.2, 0) is 10.5 Å². The van der Waals surface area contributed by atoms with Crippen LogP contribution in [0.15, 0.2) is 64.0 Å². The number of alkyl halides is 3. The molecule has 2 heterocycles. The van der Waals surface area contributed by atoms with Crippen LogP contribution in [0.1, 0.15) is 11.1 Å². The molecule has 0 unspecified atom stereocenters. The second-order valence-corrected chi connectivity index (χ2v) is 7.26. The van der Waals surface area contributed by atoms with Crippen molar-refractivity contribution in [3.8, 4) is 6.07 Å². The molecule has 4 rings (SSSR count). The van der Waals surface area contributed by atoms with Crippen molar-refractivity contribution in [1.82, 2.24) is 5.32 Å². The second-order valence-electron chi connectivity index (χ2n) is 6.23. The molecule has 2 aromatic carbocycles. The van der Waals surface area contributed by atoms with Gasteiger partial charge in [-0.25, -0.2) is 0 Å². The third kappa shape index (κ3) is 2.35. The summed E-state index contributed by atoms with van der Waals surface area (Å²) in [5.74, 6) is -1.04. The van der Waals surface area contributed by atoms with E-state index in [1.807, 2.05) is 0 Å². The Kier molecular flexibility index (Phi) is 3.75. The van der Waals surface area contributed by atoms with E-state index < -0.39 is 17.7 Å². The Bertz CT molecular complexity index is 1020. The monoisotopic (exact) mass is 387 g/mol. The number of anilines is 1. The summed E-state index contributed by atoms with van der Waals surface area (Å²) in [5.41, 5.74) is -2.16. The van der Waals surface area contributed by atoms with Crippen molar-refractivity contribution in [3.63, 3.8) is 0 Å². The zero-order chi connectivity index (χ0) is 19.4. The number of hydrogen-bond donors (Lipinski definition) is 1. The van der Waals surface area contributed by atoms with Crippen LogP contribution in [0.5, 0.6) is 0 Å². The van der Waals surface area contributed by atoms with Gasteiger partial charge in [0.25, 0.3) is 5.91 Å². The minimum Gasteiger partial charge on any atom is -0.317 e. The topological polar surface area (TPSA) is 56.1 Å². The molecular formula is C19H12F3N3OS. The molecule has 0 saturated carbocycles. The fourth-order valence-corrected chi connectivity index (χ4v) is 4.50. The number of nitriles is 1. The van der Waals surface area contributed by atoms with Gasteiger partial charge < -0.3 is 5.32 Å². The summed E-state index contributed by atoms with van der Waals surface area (Å²) >= 11 is 0.995. The number of halogens is 3. The Labute approximate surface area is 157 Å². The number of hydrogen-bond acceptors (Lipinski definition) is 4. The average Bonchev–Trinajstić information content (AvgIpc) is 3.00. The molecule has 27 heavy (non-hydrogen) atoms. The number of carbonyl (C=O) groups excluding carboxylic acids is 1. The maximum atomic E-state index is 14.5. The summed E-state index contributed by atoms with van der Waals surface area (Å²) in [5, 5.41) is 11.5. The first-order valence-electron chi connectivity index (χ1n) is 7.97. The molecule has 0 aliphatic carbocycles. The number of para-hydroxylation sites is 1. The Balaban J connectivity index is 2.08. The van der Waals surface area contributed by atoms with Gasteiger partial charge in [-0.15, -0.1) is 0 Å². The van der Waals surface area contributed by atoms with Crippen LogP contribution >= 0.6 is 11.8 Å². The summed E-state index contributed by atoms with van der Waals surface area (Å²) in [7, 11) is 0. The molecule has 0 spiro atoms. The number of nitrogens with one attached hydrogen (secondary N) is 1. The zero-order valence-corrected chi connectivity index (χ0v) is 14.8. The second kappa shape index (κ2) is 5.79. The molecule has 1 N–H and O–H groups in total. The van der Waals surface area contributed by atoms with E-state index in [4.69, 9.17) is 0 Å². The minimum absolute atomic E-state index is 0.0136. The van der Waals surface area contributed by atoms with Crippen LogP contribution in [0.4, 0.5) is 18.9 Å². The largest absolute Gasteiger partial charge is 0.435 e. The fraction of sp³-hybridized carbons (Fsp3) is 0.158. The van der Waals surface area contributed by atoms with E-state index in [1.165, 1.54) is 12.1 Å². The van der Waals surface area contributed by atoms with Crippen molar-refractivity contribution in [2.45, 2.75) is 23.7 Å². The van der Waals surface area contributed by atoms with Crippen molar-refractivity contribution in [3.05, 3.63) is 70.3 Å². The van der Waals surface area contributed by atoms with E-state index in [9.17, 15) is 23.2 Å². The third-order valence-electron chi connectivity index (χ3n) is 4.58. The number of fused-ring (bicyclic) bond motifs is 3. The zero-order valence-electron chi connectivity index (χ0n) is 14.0. The van der Waals surface area contributed by atoms with E-state index in [0.29, 0.717) is 10.6 Å². The van der Waals surface area contributed by atoms with Crippen LogP contribution in [0.3, 0.4) is 0 Å². The average molecular weight is 387 g/mol. The highest BCUT2D eigenvalue weighted by Gasteiger charge is 2.66. The van der Waals surface area contributed by atoms with Gasteiger partial charge in [0.1, 0.15) is 16.7 Å². The maximum Gasteiger partial charge on any atom is 0.435 e. The van der Waals surface area contributed by atoms with Crippen LogP contribution in [0.2, 0.25) is 0 Å². The number of aryl methyl sites for hydroxylation is 1. The van der Waals surface area contributed by atoms with Crippen molar-refractivity contribution < 1.29 is 18.0 Å². The molecule has 0 radical (unpaired) electrons. The summed E-state index contributed by atoms with van der Waals surface area (Å²) in [6, 6.07) is 14.1. The van der Waals surface area contributed by atoms with Crippen molar-refractivity contribution >= 4 is 23.4 Å². The first kappa shape index (κ1) is 17.5. The summed E-state index contributed by atoms with van der Waals surface area (Å²) in [6.07, 6.45) is -4.85. The lowest BCUT2D eigenvalue weighted by Crippen LogP contribution is -2.68. The first-order valence-corrected chi connectivity index (χ1v) is 8.79. The number of benzene rings is 2. The predicted octanol–water partition coefficient (Wildman–Crippen LogP) is 4.19. The molecule has 1 amide bonds. The van der Waals surface area contributed by atoms with E-state index in [-0.39, 0.29) is 16.2 Å². The molecule has 8 heteroatoms. The SMILES string of the molecule is Cc1ccc([C@@]2(C(F)(F)F)NC(=O)C(C#N)=C3Sc4ccccc4N32)cc1. The standard InChI is InChI=1S/C19H12F3N3OS/c1-11-6-8-12(9-7-11)18(19(20,21)22)24-16(26)13(10-23)17-25(18)14-4-2-3-5-15(14)27-17/h2-9H,1H3,(H,24,26)/t18-/m1/s1. The minimum atomic E-state index is -4.85. The lowest BCUT2D eigenvalue weighted by Gasteiger charge is -2.47. The molecule has 1 atom stereocenters. The van der Waals surface area contributed by atoms with Gasteiger partial charge in [-0.3, -0.25) is 9.69 Å². The lowest BCUT2D eigenvalue weighted by atomic mass is 9.92. The number of thioether (sulfide) groups is 1. The highest BCUT2D eigenvalue weighted by Crippen LogP contribution is 2.57. The molecular weight excluding hydrogens is 375 g/mol. The number of carbonyl (C=O) groups is 1. The smallest absolute Gasteiger partial charge is 0.317 e. The van der Waals surface area contributed by atoms with Gasteiger partial charge in [-0.05, 0) is 19.1 Å². The van der Waals surface area contributed by atoms with E-state index >= 15 is 0 Å². The quantitative estimate of drug-likeness (QED) is 0.797. The third-order valence-corrected chi connectivity index (χ3v) is 5.72. The molecule has 4 nitrogen and oxygen atoms in total. The molecule has 2 aliphatic heterocycles. The number of rotatable bonds is 1. The predicted molar refractivity (Wildman–Crippen MR) is 94.5 cm³/mol. The van der Waals surface area contributed by atoms with E-state index in [2.05, 4.69) is 5.32 Å². The Hall–Kier alpha value is -2.92. The molecule has 0 aromatic heterocycles. The van der Waals surface area contributed by atoms with Gasteiger partial charge in [0, 0.05) is 10.5 Å². The molecule has 136 valence electrons. The highest BCUT2D eigenvalue weighted by atomic mass is 32.2. The van der Waals surface area contributed by atoms with Crippen molar-refractivity contribution in [2.75, 3.05) is 4.90 Å². The fourth-order valence-electron chi connectivity index (χ4n) is 3.32. The Morgan fingerprint density at radius 3 is 2.44 bits per heavy atom. The van der Waals surface area contributed by atoms with E-state index in [0.717, 1.165) is 22.2 Å². The van der Waals surface area contributed by atoms with Gasteiger partial charge in [0.2, 0.25) is 5.66 Å². The summed E-state index contributed by atoms with van der Waals surface area (Å²) < 4.78 is 43.6. The van der Waals surface area contributed by atoms with Crippen LogP contribution < -0.4 is 10.2 Å². The molecule has 0 saturated heterocycles. The normalized spacial score (nSPS) is 21.4. The number of amides is 1. The van der Waals surface area contributed by atoms with Gasteiger partial charge >= 0.3 is 6.18 Å². The van der Waals surface area contributed by atoms with E-state index in [1.54, 1.807) is 49.4 Å². The number of nitrogens with zero attached hydrogens (tertiary/aromatic N) is 2. The Morgan fingerprint density at radius 1 is 1.15 bits per heavy atom. The van der Waals surface area contributed by atoms with Crippen LogP contribution in [-0.4, -0.2) is 12.1 Å². The van der Waals surface area contributed by atoms with Crippen LogP contribution in [0, 0.1) is 18.3 Å². The Morgan fingerprint density at radius 2 is 1.81 bits per heavy atom. The maximum absolute atomic E-state index is 14.5. The van der Waals surface area contributed by atoms with Crippen molar-refractivity contribution in [1.29, 1.82) is 5.26 Å². The van der Waals surface area contributed by atoms with Crippen molar-refractivity contribution in [2.24, 2.45) is 0 Å². The molecule has 2 aliphatic rings. The lowest BCUT2D eigenvalue weighted by molar-refractivity contribution is -0.201. The highest BCUT2D eigenvalue weighted by molar-refractivity contribution is 8.03.